The fourth-order valence-corrected chi connectivity index (χ4v) is 4.45. The lowest BCUT2D eigenvalue weighted by atomic mass is 9.83. The lowest BCUT2D eigenvalue weighted by molar-refractivity contribution is -0.134. The Kier molecular flexibility index (Phi) is 4.46. The molecule has 29 heavy (non-hydrogen) atoms. The molecule has 1 saturated heterocycles. The summed E-state index contributed by atoms with van der Waals surface area (Å²) < 4.78 is 7.18. The summed E-state index contributed by atoms with van der Waals surface area (Å²) in [5.74, 6) is 1.60. The van der Waals surface area contributed by atoms with E-state index in [-0.39, 0.29) is 17.4 Å². The maximum atomic E-state index is 12.8. The van der Waals surface area contributed by atoms with Gasteiger partial charge in [-0.15, -0.1) is 0 Å². The number of aryl methyl sites for hydroxylation is 1. The molecule has 0 radical (unpaired) electrons. The molecule has 0 saturated carbocycles. The van der Waals surface area contributed by atoms with E-state index in [4.69, 9.17) is 4.52 Å². The van der Waals surface area contributed by atoms with Gasteiger partial charge in [0, 0.05) is 68.1 Å². The fraction of sp³-hybridized carbons (Fsp3) is 0.381. The van der Waals surface area contributed by atoms with Crippen molar-refractivity contribution >= 4 is 5.91 Å². The summed E-state index contributed by atoms with van der Waals surface area (Å²) in [4.78, 5) is 35.2. The van der Waals surface area contributed by atoms with Crippen LogP contribution in [0.4, 0.5) is 0 Å². The van der Waals surface area contributed by atoms with E-state index in [1.165, 1.54) is 0 Å². The van der Waals surface area contributed by atoms with Gasteiger partial charge in [-0.05, 0) is 30.5 Å². The predicted octanol–water partition coefficient (Wildman–Crippen LogP) is 1.87. The van der Waals surface area contributed by atoms with Crippen LogP contribution in [0.2, 0.25) is 0 Å². The van der Waals surface area contributed by atoms with E-state index in [1.54, 1.807) is 18.5 Å². The van der Waals surface area contributed by atoms with Crippen LogP contribution in [0.15, 0.2) is 52.0 Å². The van der Waals surface area contributed by atoms with Crippen molar-refractivity contribution in [1.82, 2.24) is 24.6 Å². The Balaban J connectivity index is 1.24. The van der Waals surface area contributed by atoms with Gasteiger partial charge in [0.25, 0.3) is 5.56 Å². The second kappa shape index (κ2) is 7.27. The van der Waals surface area contributed by atoms with Crippen molar-refractivity contribution in [2.24, 2.45) is 5.92 Å². The van der Waals surface area contributed by atoms with Crippen molar-refractivity contribution in [3.63, 3.8) is 0 Å². The molecule has 8 heteroatoms. The normalized spacial score (nSPS) is 20.3. The second-order valence-electron chi connectivity index (χ2n) is 7.74. The standard InChI is InChI=1S/C21H21N5O3/c27-19(5-4-18-23-21(24-29-18)15-6-8-22-9-7-15)25-11-14-10-16(13-25)17-2-1-3-20(28)26(17)12-14/h1-3,6-9,14,16H,4-5,10-13H2/t14-,16+/m1/s1. The maximum absolute atomic E-state index is 12.8. The smallest absolute Gasteiger partial charge is 0.250 e. The highest BCUT2D eigenvalue weighted by atomic mass is 16.5. The molecule has 3 aromatic heterocycles. The molecular weight excluding hydrogens is 370 g/mol. The summed E-state index contributed by atoms with van der Waals surface area (Å²) >= 11 is 0. The van der Waals surface area contributed by atoms with Crippen LogP contribution >= 0.6 is 0 Å². The highest BCUT2D eigenvalue weighted by Crippen LogP contribution is 2.35. The molecule has 2 atom stereocenters. The molecule has 1 amide bonds. The molecule has 2 bridgehead atoms. The Morgan fingerprint density at radius 2 is 2.00 bits per heavy atom. The van der Waals surface area contributed by atoms with Crippen LogP contribution in [0.25, 0.3) is 11.4 Å². The Morgan fingerprint density at radius 1 is 1.14 bits per heavy atom. The first kappa shape index (κ1) is 17.8. The first-order valence-electron chi connectivity index (χ1n) is 9.88. The highest BCUT2D eigenvalue weighted by molar-refractivity contribution is 5.76. The molecular formula is C21H21N5O3. The Bertz CT molecular complexity index is 1090. The monoisotopic (exact) mass is 391 g/mol. The molecule has 0 aliphatic carbocycles. The molecule has 2 aliphatic rings. The van der Waals surface area contributed by atoms with Gasteiger partial charge in [0.1, 0.15) is 0 Å². The van der Waals surface area contributed by atoms with E-state index in [1.807, 2.05) is 33.7 Å². The van der Waals surface area contributed by atoms with Gasteiger partial charge >= 0.3 is 0 Å². The van der Waals surface area contributed by atoms with E-state index in [9.17, 15) is 9.59 Å². The van der Waals surface area contributed by atoms with Crippen LogP contribution in [0.1, 0.15) is 30.3 Å². The fourth-order valence-electron chi connectivity index (χ4n) is 4.45. The van der Waals surface area contributed by atoms with Crippen LogP contribution in [0, 0.1) is 5.92 Å². The van der Waals surface area contributed by atoms with Gasteiger partial charge in [-0.1, -0.05) is 11.2 Å². The SMILES string of the molecule is O=C(CCc1nc(-c2ccncc2)no1)N1C[C@H]2C[C@@H](C1)c1cccc(=O)n1C2. The number of likely N-dealkylation sites (tertiary alicyclic amines) is 1. The Morgan fingerprint density at radius 3 is 2.86 bits per heavy atom. The molecule has 0 N–H and O–H groups in total. The summed E-state index contributed by atoms with van der Waals surface area (Å²) in [6, 6.07) is 9.06. The van der Waals surface area contributed by atoms with Crippen molar-refractivity contribution < 1.29 is 9.32 Å². The average Bonchev–Trinajstić information content (AvgIpc) is 3.22. The van der Waals surface area contributed by atoms with Crippen LogP contribution in [0.5, 0.6) is 0 Å². The first-order chi connectivity index (χ1) is 14.2. The van der Waals surface area contributed by atoms with Crippen LogP contribution < -0.4 is 5.56 Å². The van der Waals surface area contributed by atoms with Crippen molar-refractivity contribution in [1.29, 1.82) is 0 Å². The number of fused-ring (bicyclic) bond motifs is 4. The second-order valence-corrected chi connectivity index (χ2v) is 7.74. The molecule has 5 heterocycles. The van der Waals surface area contributed by atoms with E-state index < -0.39 is 0 Å². The van der Waals surface area contributed by atoms with E-state index in [2.05, 4.69) is 15.1 Å². The van der Waals surface area contributed by atoms with Gasteiger partial charge in [-0.25, -0.2) is 0 Å². The minimum Gasteiger partial charge on any atom is -0.342 e. The van der Waals surface area contributed by atoms with Crippen molar-refractivity contribution in [2.45, 2.75) is 31.7 Å². The summed E-state index contributed by atoms with van der Waals surface area (Å²) in [5, 5.41) is 3.99. The highest BCUT2D eigenvalue weighted by Gasteiger charge is 2.36. The number of hydrogen-bond acceptors (Lipinski definition) is 6. The number of hydrogen-bond donors (Lipinski definition) is 0. The van der Waals surface area contributed by atoms with Crippen molar-refractivity contribution in [3.05, 3.63) is 64.7 Å². The van der Waals surface area contributed by atoms with Crippen LogP contribution in [-0.4, -0.2) is 43.6 Å². The molecule has 3 aromatic rings. The number of amides is 1. The number of piperidine rings is 1. The Labute approximate surface area is 167 Å². The third kappa shape index (κ3) is 3.46. The molecule has 2 aliphatic heterocycles. The molecule has 0 unspecified atom stereocenters. The summed E-state index contributed by atoms with van der Waals surface area (Å²) in [6.45, 7) is 2.04. The van der Waals surface area contributed by atoms with Gasteiger partial charge in [-0.2, -0.15) is 4.98 Å². The largest absolute Gasteiger partial charge is 0.342 e. The van der Waals surface area contributed by atoms with Crippen molar-refractivity contribution in [3.8, 4) is 11.4 Å². The molecule has 148 valence electrons. The van der Waals surface area contributed by atoms with Gasteiger partial charge in [-0.3, -0.25) is 14.6 Å². The first-order valence-corrected chi connectivity index (χ1v) is 9.88. The van der Waals surface area contributed by atoms with Gasteiger partial charge in [0.05, 0.1) is 0 Å². The number of nitrogens with zero attached hydrogens (tertiary/aromatic N) is 5. The van der Waals surface area contributed by atoms with E-state index >= 15 is 0 Å². The average molecular weight is 391 g/mol. The van der Waals surface area contributed by atoms with Crippen molar-refractivity contribution in [2.75, 3.05) is 13.1 Å². The van der Waals surface area contributed by atoms with Gasteiger partial charge in [0.15, 0.2) is 0 Å². The quantitative estimate of drug-likeness (QED) is 0.674. The van der Waals surface area contributed by atoms with Gasteiger partial charge in [0.2, 0.25) is 17.6 Å². The molecule has 8 nitrogen and oxygen atoms in total. The number of aromatic nitrogens is 4. The minimum atomic E-state index is 0.0540. The third-order valence-electron chi connectivity index (χ3n) is 5.79. The zero-order valence-corrected chi connectivity index (χ0v) is 15.9. The van der Waals surface area contributed by atoms with E-state index in [0.29, 0.717) is 50.1 Å². The van der Waals surface area contributed by atoms with Gasteiger partial charge < -0.3 is 14.0 Å². The Hall–Kier alpha value is -3.29. The minimum absolute atomic E-state index is 0.0540. The lowest BCUT2D eigenvalue weighted by Gasteiger charge is -2.42. The molecule has 5 rings (SSSR count). The number of carbonyl (C=O) groups excluding carboxylic acids is 1. The molecule has 0 aromatic carbocycles. The summed E-state index contributed by atoms with van der Waals surface area (Å²) in [5.41, 5.74) is 1.93. The lowest BCUT2D eigenvalue weighted by Crippen LogP contribution is -2.49. The third-order valence-corrected chi connectivity index (χ3v) is 5.79. The molecule has 0 spiro atoms. The zero-order chi connectivity index (χ0) is 19.8. The number of carbonyl (C=O) groups is 1. The maximum Gasteiger partial charge on any atom is 0.250 e. The van der Waals surface area contributed by atoms with Crippen LogP contribution in [0.3, 0.4) is 0 Å². The molecule has 1 fully saturated rings. The number of pyridine rings is 2. The summed E-state index contributed by atoms with van der Waals surface area (Å²) in [6.07, 6.45) is 5.13. The summed E-state index contributed by atoms with van der Waals surface area (Å²) in [7, 11) is 0. The number of rotatable bonds is 4. The predicted molar refractivity (Wildman–Crippen MR) is 104 cm³/mol. The topological polar surface area (TPSA) is 94.1 Å². The van der Waals surface area contributed by atoms with E-state index in [0.717, 1.165) is 17.7 Å². The zero-order valence-electron chi connectivity index (χ0n) is 15.9. The van der Waals surface area contributed by atoms with Crippen LogP contribution in [-0.2, 0) is 17.8 Å².